The second-order valence-corrected chi connectivity index (χ2v) is 6.28. The number of primary amides is 1. The van der Waals surface area contributed by atoms with Gasteiger partial charge in [-0.25, -0.2) is 0 Å². The summed E-state index contributed by atoms with van der Waals surface area (Å²) < 4.78 is 0. The number of hydrogen-bond acceptors (Lipinski definition) is 3. The van der Waals surface area contributed by atoms with Crippen LogP contribution in [0, 0.1) is 5.92 Å². The average Bonchev–Trinajstić information content (AvgIpc) is 2.54. The SMILES string of the molecule is CCNC(=NCCc1cccc(O)c1)N1CCCC(CC(N)=O)C1.I. The lowest BCUT2D eigenvalue weighted by molar-refractivity contribution is -0.119. The van der Waals surface area contributed by atoms with Crippen molar-refractivity contribution in [1.82, 2.24) is 10.2 Å². The number of nitrogens with zero attached hydrogens (tertiary/aromatic N) is 2. The molecule has 0 radical (unpaired) electrons. The Morgan fingerprint density at radius 1 is 1.48 bits per heavy atom. The van der Waals surface area contributed by atoms with Gasteiger partial charge < -0.3 is 21.1 Å². The van der Waals surface area contributed by atoms with Gasteiger partial charge in [0.25, 0.3) is 0 Å². The fourth-order valence-electron chi connectivity index (χ4n) is 3.14. The Kier molecular flexibility index (Phi) is 9.62. The number of likely N-dealkylation sites (tertiary alicyclic amines) is 1. The average molecular weight is 460 g/mol. The molecule has 0 spiro atoms. The van der Waals surface area contributed by atoms with Crippen LogP contribution in [0.25, 0.3) is 0 Å². The molecule has 1 heterocycles. The van der Waals surface area contributed by atoms with Crippen LogP contribution in [0.5, 0.6) is 5.75 Å². The van der Waals surface area contributed by atoms with Gasteiger partial charge in [0.05, 0.1) is 0 Å². The molecule has 0 bridgehead atoms. The van der Waals surface area contributed by atoms with Crippen molar-refractivity contribution in [2.45, 2.75) is 32.6 Å². The van der Waals surface area contributed by atoms with Crippen molar-refractivity contribution in [3.8, 4) is 5.75 Å². The minimum atomic E-state index is -0.229. The molecular weight excluding hydrogens is 431 g/mol. The summed E-state index contributed by atoms with van der Waals surface area (Å²) in [5.74, 6) is 1.26. The predicted molar refractivity (Wildman–Crippen MR) is 111 cm³/mol. The highest BCUT2D eigenvalue weighted by molar-refractivity contribution is 14.0. The Balaban J connectivity index is 0.00000312. The third-order valence-corrected chi connectivity index (χ3v) is 4.22. The molecule has 1 saturated heterocycles. The number of piperidine rings is 1. The summed E-state index contributed by atoms with van der Waals surface area (Å²) in [6.07, 6.45) is 3.32. The number of aliphatic imine (C=N–C) groups is 1. The van der Waals surface area contributed by atoms with Gasteiger partial charge in [-0.15, -0.1) is 24.0 Å². The first kappa shape index (κ1) is 21.5. The second-order valence-electron chi connectivity index (χ2n) is 6.28. The molecule has 1 aliphatic heterocycles. The summed E-state index contributed by atoms with van der Waals surface area (Å²) in [5, 5.41) is 12.9. The molecule has 0 saturated carbocycles. The Hall–Kier alpha value is -1.51. The summed E-state index contributed by atoms with van der Waals surface area (Å²) in [5.41, 5.74) is 6.41. The molecule has 1 aromatic rings. The van der Waals surface area contributed by atoms with E-state index in [1.807, 2.05) is 12.1 Å². The molecule has 1 amide bonds. The normalized spacial score (nSPS) is 17.7. The Bertz CT molecular complexity index is 580. The fraction of sp³-hybridized carbons (Fsp3) is 0.556. The Morgan fingerprint density at radius 2 is 2.28 bits per heavy atom. The largest absolute Gasteiger partial charge is 0.508 e. The minimum Gasteiger partial charge on any atom is -0.508 e. The van der Waals surface area contributed by atoms with E-state index in [1.54, 1.807) is 12.1 Å². The van der Waals surface area contributed by atoms with Crippen molar-refractivity contribution < 1.29 is 9.90 Å². The molecule has 7 heteroatoms. The molecule has 140 valence electrons. The summed E-state index contributed by atoms with van der Waals surface area (Å²) in [7, 11) is 0. The van der Waals surface area contributed by atoms with Crippen LogP contribution in [0.4, 0.5) is 0 Å². The lowest BCUT2D eigenvalue weighted by Gasteiger charge is -2.34. The highest BCUT2D eigenvalue weighted by atomic mass is 127. The van der Waals surface area contributed by atoms with E-state index >= 15 is 0 Å². The molecule has 1 atom stereocenters. The highest BCUT2D eigenvalue weighted by Crippen LogP contribution is 2.19. The van der Waals surface area contributed by atoms with E-state index in [9.17, 15) is 9.90 Å². The van der Waals surface area contributed by atoms with Gasteiger partial charge in [0, 0.05) is 32.6 Å². The van der Waals surface area contributed by atoms with Gasteiger partial charge in [0.2, 0.25) is 5.91 Å². The number of phenolic OH excluding ortho intramolecular Hbond substituents is 1. The van der Waals surface area contributed by atoms with Crippen LogP contribution < -0.4 is 11.1 Å². The van der Waals surface area contributed by atoms with Crippen LogP contribution in [-0.4, -0.2) is 48.1 Å². The van der Waals surface area contributed by atoms with Crippen molar-refractivity contribution in [2.75, 3.05) is 26.2 Å². The zero-order valence-corrected chi connectivity index (χ0v) is 17.1. The standard InChI is InChI=1S/C18H28N4O2.HI/c1-2-20-18(21-9-8-14-5-3-7-16(23)11-14)22-10-4-6-15(13-22)12-17(19)24;/h3,5,7,11,15,23H,2,4,6,8-10,12-13H2,1H3,(H2,19,24)(H,20,21);1H. The number of benzene rings is 1. The number of nitrogens with two attached hydrogens (primary N) is 1. The van der Waals surface area contributed by atoms with Crippen molar-refractivity contribution in [3.63, 3.8) is 0 Å². The summed E-state index contributed by atoms with van der Waals surface area (Å²) in [4.78, 5) is 18.1. The zero-order valence-electron chi connectivity index (χ0n) is 14.8. The topological polar surface area (TPSA) is 91.0 Å². The van der Waals surface area contributed by atoms with Gasteiger partial charge in [-0.05, 0) is 49.8 Å². The Labute approximate surface area is 166 Å². The third-order valence-electron chi connectivity index (χ3n) is 4.22. The number of carbonyl (C=O) groups excluding carboxylic acids is 1. The molecular formula is C18H29IN4O2. The van der Waals surface area contributed by atoms with Gasteiger partial charge in [-0.1, -0.05) is 12.1 Å². The number of carbonyl (C=O) groups is 1. The van der Waals surface area contributed by atoms with Crippen molar-refractivity contribution >= 4 is 35.8 Å². The van der Waals surface area contributed by atoms with Gasteiger partial charge in [-0.2, -0.15) is 0 Å². The van der Waals surface area contributed by atoms with Crippen LogP contribution in [0.15, 0.2) is 29.3 Å². The van der Waals surface area contributed by atoms with Gasteiger partial charge in [0.15, 0.2) is 5.96 Å². The van der Waals surface area contributed by atoms with Crippen LogP contribution >= 0.6 is 24.0 Å². The monoisotopic (exact) mass is 460 g/mol. The second kappa shape index (κ2) is 11.2. The number of phenols is 1. The van der Waals surface area contributed by atoms with E-state index < -0.39 is 0 Å². The molecule has 6 nitrogen and oxygen atoms in total. The van der Waals surface area contributed by atoms with Gasteiger partial charge in [0.1, 0.15) is 5.75 Å². The number of hydrogen-bond donors (Lipinski definition) is 3. The summed E-state index contributed by atoms with van der Waals surface area (Å²) >= 11 is 0. The van der Waals surface area contributed by atoms with E-state index in [-0.39, 0.29) is 35.6 Å². The molecule has 1 unspecified atom stereocenters. The Morgan fingerprint density at radius 3 is 2.96 bits per heavy atom. The molecule has 1 aliphatic rings. The van der Waals surface area contributed by atoms with Crippen LogP contribution in [0.1, 0.15) is 31.7 Å². The number of guanidine groups is 1. The fourth-order valence-corrected chi connectivity index (χ4v) is 3.14. The first-order chi connectivity index (χ1) is 11.6. The molecule has 0 aliphatic carbocycles. The lowest BCUT2D eigenvalue weighted by Crippen LogP contribution is -2.47. The molecule has 1 fully saturated rings. The van der Waals surface area contributed by atoms with E-state index in [0.717, 1.165) is 50.4 Å². The number of halogens is 1. The van der Waals surface area contributed by atoms with E-state index in [0.29, 0.717) is 18.9 Å². The first-order valence-corrected chi connectivity index (χ1v) is 8.68. The summed E-state index contributed by atoms with van der Waals surface area (Å²) in [6, 6.07) is 7.28. The third kappa shape index (κ3) is 7.50. The smallest absolute Gasteiger partial charge is 0.217 e. The first-order valence-electron chi connectivity index (χ1n) is 8.68. The quantitative estimate of drug-likeness (QED) is 0.345. The summed E-state index contributed by atoms with van der Waals surface area (Å²) in [6.45, 7) is 5.29. The van der Waals surface area contributed by atoms with E-state index in [2.05, 4.69) is 17.1 Å². The van der Waals surface area contributed by atoms with Gasteiger partial charge in [-0.3, -0.25) is 9.79 Å². The highest BCUT2D eigenvalue weighted by Gasteiger charge is 2.23. The lowest BCUT2D eigenvalue weighted by atomic mass is 9.95. The molecule has 1 aromatic carbocycles. The number of aromatic hydroxyl groups is 1. The van der Waals surface area contributed by atoms with Crippen molar-refractivity contribution in [2.24, 2.45) is 16.6 Å². The maximum absolute atomic E-state index is 11.2. The molecule has 2 rings (SSSR count). The number of nitrogens with one attached hydrogen (secondary N) is 1. The zero-order chi connectivity index (χ0) is 17.4. The van der Waals surface area contributed by atoms with Crippen LogP contribution in [-0.2, 0) is 11.2 Å². The van der Waals surface area contributed by atoms with Crippen molar-refractivity contribution in [1.29, 1.82) is 0 Å². The maximum Gasteiger partial charge on any atom is 0.217 e. The number of rotatable bonds is 6. The van der Waals surface area contributed by atoms with E-state index in [4.69, 9.17) is 10.7 Å². The van der Waals surface area contributed by atoms with E-state index in [1.165, 1.54) is 0 Å². The predicted octanol–water partition coefficient (Wildman–Crippen LogP) is 2.11. The molecule has 0 aromatic heterocycles. The number of amides is 1. The van der Waals surface area contributed by atoms with Gasteiger partial charge >= 0.3 is 0 Å². The van der Waals surface area contributed by atoms with Crippen molar-refractivity contribution in [3.05, 3.63) is 29.8 Å². The minimum absolute atomic E-state index is 0. The van der Waals surface area contributed by atoms with Crippen LogP contribution in [0.3, 0.4) is 0 Å². The molecule has 25 heavy (non-hydrogen) atoms. The molecule has 4 N–H and O–H groups in total. The van der Waals surface area contributed by atoms with Crippen LogP contribution in [0.2, 0.25) is 0 Å². The maximum atomic E-state index is 11.2.